The smallest absolute Gasteiger partial charge is 0.274 e. The number of aromatic nitrogens is 1. The summed E-state index contributed by atoms with van der Waals surface area (Å²) in [6, 6.07) is 13.7. The molecule has 3 aromatic rings. The number of rotatable bonds is 2. The average molecular weight is 382 g/mol. The lowest BCUT2D eigenvalue weighted by atomic mass is 9.99. The normalized spacial score (nSPS) is 13.5. The highest BCUT2D eigenvalue weighted by atomic mass is 79.9. The predicted octanol–water partition coefficient (Wildman–Crippen LogP) is 3.90. The monoisotopic (exact) mass is 381 g/mol. The molecule has 0 bridgehead atoms. The Morgan fingerprint density at radius 2 is 1.96 bits per heavy atom. The minimum absolute atomic E-state index is 0.177. The standard InChI is InChI=1S/C19H16BrN3O/c20-16-5-6-17(14-7-8-21-11-15(14)16)23-19(24)18-9-12-3-1-2-4-13(12)10-22-18/h1-6,9-10,21H,7-8,11H2,(H,23,24). The van der Waals surface area contributed by atoms with Crippen LogP contribution in [0.2, 0.25) is 0 Å². The van der Waals surface area contributed by atoms with Crippen molar-refractivity contribution >= 4 is 38.3 Å². The zero-order valence-corrected chi connectivity index (χ0v) is 14.6. The number of nitrogens with one attached hydrogen (secondary N) is 2. The number of nitrogens with zero attached hydrogens (tertiary/aromatic N) is 1. The number of benzene rings is 2. The van der Waals surface area contributed by atoms with Gasteiger partial charge in [0, 0.05) is 28.3 Å². The number of fused-ring (bicyclic) bond motifs is 2. The summed E-state index contributed by atoms with van der Waals surface area (Å²) in [5.41, 5.74) is 3.71. The number of amides is 1. The van der Waals surface area contributed by atoms with Gasteiger partial charge in [-0.05, 0) is 47.7 Å². The molecule has 24 heavy (non-hydrogen) atoms. The van der Waals surface area contributed by atoms with Crippen LogP contribution in [0.3, 0.4) is 0 Å². The highest BCUT2D eigenvalue weighted by Crippen LogP contribution is 2.30. The van der Waals surface area contributed by atoms with Gasteiger partial charge in [-0.25, -0.2) is 0 Å². The van der Waals surface area contributed by atoms with Crippen molar-refractivity contribution in [1.29, 1.82) is 0 Å². The number of pyridine rings is 1. The quantitative estimate of drug-likeness (QED) is 0.707. The van der Waals surface area contributed by atoms with Gasteiger partial charge in [-0.2, -0.15) is 0 Å². The Morgan fingerprint density at radius 3 is 2.83 bits per heavy atom. The van der Waals surface area contributed by atoms with E-state index in [0.717, 1.165) is 40.4 Å². The van der Waals surface area contributed by atoms with Crippen molar-refractivity contribution in [3.8, 4) is 0 Å². The van der Waals surface area contributed by atoms with Crippen LogP contribution in [0.25, 0.3) is 10.8 Å². The Labute approximate surface area is 148 Å². The van der Waals surface area contributed by atoms with Gasteiger partial charge in [0.2, 0.25) is 0 Å². The summed E-state index contributed by atoms with van der Waals surface area (Å²) in [7, 11) is 0. The lowest BCUT2D eigenvalue weighted by Crippen LogP contribution is -2.26. The minimum atomic E-state index is -0.177. The number of hydrogen-bond donors (Lipinski definition) is 2. The van der Waals surface area contributed by atoms with Gasteiger partial charge < -0.3 is 10.6 Å². The summed E-state index contributed by atoms with van der Waals surface area (Å²) in [6.45, 7) is 1.73. The van der Waals surface area contributed by atoms with Gasteiger partial charge in [0.1, 0.15) is 5.69 Å². The Bertz CT molecular complexity index is 939. The van der Waals surface area contributed by atoms with Crippen molar-refractivity contribution < 1.29 is 4.79 Å². The molecule has 2 N–H and O–H groups in total. The second-order valence-electron chi connectivity index (χ2n) is 5.85. The van der Waals surface area contributed by atoms with Gasteiger partial charge in [0.15, 0.2) is 0 Å². The van der Waals surface area contributed by atoms with E-state index in [2.05, 4.69) is 31.5 Å². The minimum Gasteiger partial charge on any atom is -0.320 e. The van der Waals surface area contributed by atoms with Crippen molar-refractivity contribution in [2.24, 2.45) is 0 Å². The van der Waals surface area contributed by atoms with Gasteiger partial charge in [0.25, 0.3) is 5.91 Å². The zero-order chi connectivity index (χ0) is 16.5. The molecule has 0 spiro atoms. The number of carbonyl (C=O) groups is 1. The van der Waals surface area contributed by atoms with Crippen LogP contribution in [0.5, 0.6) is 0 Å². The van der Waals surface area contributed by atoms with Crippen LogP contribution < -0.4 is 10.6 Å². The number of halogens is 1. The average Bonchev–Trinajstić information content (AvgIpc) is 2.64. The lowest BCUT2D eigenvalue weighted by Gasteiger charge is -2.22. The van der Waals surface area contributed by atoms with E-state index in [-0.39, 0.29) is 5.91 Å². The van der Waals surface area contributed by atoms with Crippen molar-refractivity contribution in [2.45, 2.75) is 13.0 Å². The van der Waals surface area contributed by atoms with Crippen LogP contribution in [0.4, 0.5) is 5.69 Å². The summed E-state index contributed by atoms with van der Waals surface area (Å²) >= 11 is 3.59. The van der Waals surface area contributed by atoms with E-state index in [1.54, 1.807) is 6.20 Å². The summed E-state index contributed by atoms with van der Waals surface area (Å²) in [4.78, 5) is 16.9. The summed E-state index contributed by atoms with van der Waals surface area (Å²) in [5, 5.41) is 8.43. The molecule has 1 aliphatic heterocycles. The Morgan fingerprint density at radius 1 is 1.12 bits per heavy atom. The summed E-state index contributed by atoms with van der Waals surface area (Å²) in [6.07, 6.45) is 2.64. The van der Waals surface area contributed by atoms with Crippen LogP contribution in [0.1, 0.15) is 21.6 Å². The highest BCUT2D eigenvalue weighted by molar-refractivity contribution is 9.10. The van der Waals surface area contributed by atoms with Crippen LogP contribution in [0, 0.1) is 0 Å². The van der Waals surface area contributed by atoms with Gasteiger partial charge in [-0.15, -0.1) is 0 Å². The van der Waals surface area contributed by atoms with Crippen LogP contribution in [0.15, 0.2) is 53.1 Å². The molecule has 2 heterocycles. The molecule has 1 amide bonds. The fraction of sp³-hybridized carbons (Fsp3) is 0.158. The van der Waals surface area contributed by atoms with Crippen LogP contribution in [-0.2, 0) is 13.0 Å². The largest absolute Gasteiger partial charge is 0.320 e. The fourth-order valence-corrected chi connectivity index (χ4v) is 3.59. The van der Waals surface area contributed by atoms with Crippen LogP contribution in [-0.4, -0.2) is 17.4 Å². The van der Waals surface area contributed by atoms with Crippen molar-refractivity contribution in [2.75, 3.05) is 11.9 Å². The van der Waals surface area contributed by atoms with Gasteiger partial charge in [-0.3, -0.25) is 9.78 Å². The molecular formula is C19H16BrN3O. The highest BCUT2D eigenvalue weighted by Gasteiger charge is 2.18. The molecule has 0 aliphatic carbocycles. The van der Waals surface area contributed by atoms with E-state index in [1.807, 2.05) is 42.5 Å². The molecule has 0 atom stereocenters. The first-order chi connectivity index (χ1) is 11.7. The molecule has 4 nitrogen and oxygen atoms in total. The predicted molar refractivity (Wildman–Crippen MR) is 99.2 cm³/mol. The van der Waals surface area contributed by atoms with E-state index in [9.17, 15) is 4.79 Å². The first-order valence-electron chi connectivity index (χ1n) is 7.89. The van der Waals surface area contributed by atoms with E-state index in [1.165, 1.54) is 11.1 Å². The first-order valence-corrected chi connectivity index (χ1v) is 8.69. The SMILES string of the molecule is O=C(Nc1ccc(Br)c2c1CCNC2)c1cc2ccccc2cn1. The fourth-order valence-electron chi connectivity index (χ4n) is 3.08. The maximum absolute atomic E-state index is 12.6. The number of hydrogen-bond acceptors (Lipinski definition) is 3. The van der Waals surface area contributed by atoms with E-state index >= 15 is 0 Å². The third-order valence-electron chi connectivity index (χ3n) is 4.34. The molecular weight excluding hydrogens is 366 g/mol. The Kier molecular flexibility index (Phi) is 4.04. The van der Waals surface area contributed by atoms with Crippen molar-refractivity contribution in [1.82, 2.24) is 10.3 Å². The zero-order valence-electron chi connectivity index (χ0n) is 13.0. The van der Waals surface area contributed by atoms with Gasteiger partial charge in [0.05, 0.1) is 0 Å². The topological polar surface area (TPSA) is 54.0 Å². The maximum atomic E-state index is 12.6. The van der Waals surface area contributed by atoms with E-state index in [0.29, 0.717) is 5.69 Å². The van der Waals surface area contributed by atoms with Gasteiger partial charge >= 0.3 is 0 Å². The van der Waals surface area contributed by atoms with E-state index < -0.39 is 0 Å². The third-order valence-corrected chi connectivity index (χ3v) is 5.08. The Hall–Kier alpha value is -2.24. The molecule has 2 aromatic carbocycles. The molecule has 120 valence electrons. The maximum Gasteiger partial charge on any atom is 0.274 e. The molecule has 0 fully saturated rings. The number of carbonyl (C=O) groups excluding carboxylic acids is 1. The molecule has 0 saturated heterocycles. The second-order valence-corrected chi connectivity index (χ2v) is 6.70. The number of anilines is 1. The first kappa shape index (κ1) is 15.3. The molecule has 4 rings (SSSR count). The van der Waals surface area contributed by atoms with Crippen LogP contribution >= 0.6 is 15.9 Å². The van der Waals surface area contributed by atoms with Crippen molar-refractivity contribution in [3.63, 3.8) is 0 Å². The molecule has 0 unspecified atom stereocenters. The molecule has 1 aliphatic rings. The second kappa shape index (κ2) is 6.34. The van der Waals surface area contributed by atoms with Gasteiger partial charge in [-0.1, -0.05) is 40.2 Å². The lowest BCUT2D eigenvalue weighted by molar-refractivity contribution is 0.102. The molecule has 5 heteroatoms. The van der Waals surface area contributed by atoms with Crippen molar-refractivity contribution in [3.05, 3.63) is 70.0 Å². The van der Waals surface area contributed by atoms with E-state index in [4.69, 9.17) is 0 Å². The Balaban J connectivity index is 1.66. The molecule has 0 radical (unpaired) electrons. The summed E-state index contributed by atoms with van der Waals surface area (Å²) in [5.74, 6) is -0.177. The molecule has 0 saturated carbocycles. The third kappa shape index (κ3) is 2.81. The summed E-state index contributed by atoms with van der Waals surface area (Å²) < 4.78 is 1.08. The molecule has 1 aromatic heterocycles.